The first-order chi connectivity index (χ1) is 16.8. The van der Waals surface area contributed by atoms with Crippen molar-refractivity contribution in [2.75, 3.05) is 18.4 Å². The zero-order valence-electron chi connectivity index (χ0n) is 18.6. The van der Waals surface area contributed by atoms with Gasteiger partial charge in [-0.1, -0.05) is 18.2 Å². The monoisotopic (exact) mass is 482 g/mol. The molecule has 5 nitrogen and oxygen atoms in total. The van der Waals surface area contributed by atoms with Gasteiger partial charge < -0.3 is 10.3 Å². The number of nitrogens with zero attached hydrogens (tertiary/aromatic N) is 2. The predicted octanol–water partition coefficient (Wildman–Crippen LogP) is 6.24. The number of para-hydroxylation sites is 1. The van der Waals surface area contributed by atoms with Crippen LogP contribution >= 0.6 is 0 Å². The Labute approximate surface area is 198 Å². The highest BCUT2D eigenvalue weighted by Gasteiger charge is 2.35. The third kappa shape index (κ3) is 4.90. The second-order valence-electron chi connectivity index (χ2n) is 8.61. The molecule has 0 bridgehead atoms. The molecule has 9 heteroatoms. The topological polar surface area (TPSA) is 61.0 Å². The van der Waals surface area contributed by atoms with Gasteiger partial charge in [0.1, 0.15) is 17.2 Å². The summed E-state index contributed by atoms with van der Waals surface area (Å²) in [6, 6.07) is 14.8. The maximum Gasteiger partial charge on any atom is 0.417 e. The first kappa shape index (κ1) is 23.0. The van der Waals surface area contributed by atoms with E-state index >= 15 is 0 Å². The van der Waals surface area contributed by atoms with E-state index in [2.05, 4.69) is 20.2 Å². The Kier molecular flexibility index (Phi) is 6.02. The Morgan fingerprint density at radius 3 is 2.49 bits per heavy atom. The molecule has 1 amide bonds. The second-order valence-corrected chi connectivity index (χ2v) is 8.61. The van der Waals surface area contributed by atoms with Crippen molar-refractivity contribution in [1.29, 1.82) is 0 Å². The summed E-state index contributed by atoms with van der Waals surface area (Å²) < 4.78 is 54.0. The molecule has 0 unspecified atom stereocenters. The van der Waals surface area contributed by atoms with Crippen LogP contribution < -0.4 is 5.32 Å². The molecule has 0 aliphatic carbocycles. The lowest BCUT2D eigenvalue weighted by Gasteiger charge is -2.14. The number of aromatic amines is 1. The largest absolute Gasteiger partial charge is 0.417 e. The fraction of sp³-hybridized carbons (Fsp3) is 0.231. The normalized spacial score (nSPS) is 14.5. The number of likely N-dealkylation sites (tertiary alicyclic amines) is 1. The van der Waals surface area contributed by atoms with Crippen molar-refractivity contribution < 1.29 is 22.4 Å². The molecular weight excluding hydrogens is 460 g/mol. The molecular formula is C26H22F4N4O. The van der Waals surface area contributed by atoms with E-state index in [0.29, 0.717) is 17.3 Å². The number of rotatable bonds is 5. The van der Waals surface area contributed by atoms with Crippen LogP contribution in [0.4, 0.5) is 23.2 Å². The highest BCUT2D eigenvalue weighted by atomic mass is 19.4. The van der Waals surface area contributed by atoms with Crippen molar-refractivity contribution >= 4 is 22.6 Å². The molecule has 2 N–H and O–H groups in total. The van der Waals surface area contributed by atoms with Crippen LogP contribution in [0.15, 0.2) is 60.7 Å². The second kappa shape index (κ2) is 9.14. The summed E-state index contributed by atoms with van der Waals surface area (Å²) in [4.78, 5) is 22.5. The van der Waals surface area contributed by atoms with E-state index in [1.165, 1.54) is 12.8 Å². The molecule has 0 atom stereocenters. The van der Waals surface area contributed by atoms with Crippen molar-refractivity contribution in [2.24, 2.45) is 0 Å². The standard InChI is InChI=1S/C26H22F4N4O/c27-17-8-11-19(21(14-17)26(28,29)30)24-32-22-5-3-4-20(23(22)33-24)25(35)31-18-9-6-16(7-10-18)15-34-12-1-2-13-34/h3-11,14H,1-2,12-13,15H2,(H,31,35)(H,32,33). The average molecular weight is 482 g/mol. The van der Waals surface area contributed by atoms with E-state index in [1.54, 1.807) is 18.2 Å². The smallest absolute Gasteiger partial charge is 0.338 e. The zero-order valence-corrected chi connectivity index (χ0v) is 18.6. The minimum atomic E-state index is -4.77. The van der Waals surface area contributed by atoms with Crippen LogP contribution in [0.3, 0.4) is 0 Å². The van der Waals surface area contributed by atoms with Gasteiger partial charge in [-0.2, -0.15) is 13.2 Å². The Balaban J connectivity index is 1.40. The number of nitrogens with one attached hydrogen (secondary N) is 2. The van der Waals surface area contributed by atoms with Gasteiger partial charge in [0.15, 0.2) is 0 Å². The van der Waals surface area contributed by atoms with Crippen molar-refractivity contribution in [3.63, 3.8) is 0 Å². The summed E-state index contributed by atoms with van der Waals surface area (Å²) in [5, 5.41) is 2.83. The first-order valence-corrected chi connectivity index (χ1v) is 11.3. The lowest BCUT2D eigenvalue weighted by molar-refractivity contribution is -0.137. The van der Waals surface area contributed by atoms with Gasteiger partial charge in [0.2, 0.25) is 0 Å². The summed E-state index contributed by atoms with van der Waals surface area (Å²) >= 11 is 0. The number of aromatic nitrogens is 2. The molecule has 180 valence electrons. The van der Waals surface area contributed by atoms with Gasteiger partial charge in [-0.05, 0) is 74.0 Å². The fourth-order valence-electron chi connectivity index (χ4n) is 4.39. The molecule has 0 spiro atoms. The molecule has 2 heterocycles. The number of carbonyl (C=O) groups is 1. The highest BCUT2D eigenvalue weighted by molar-refractivity contribution is 6.11. The number of imidazole rings is 1. The number of hydrogen-bond donors (Lipinski definition) is 2. The summed E-state index contributed by atoms with van der Waals surface area (Å²) in [5.74, 6) is -1.53. The van der Waals surface area contributed by atoms with Crippen LogP contribution in [0, 0.1) is 5.82 Å². The van der Waals surface area contributed by atoms with E-state index in [0.717, 1.165) is 37.3 Å². The van der Waals surface area contributed by atoms with E-state index in [4.69, 9.17) is 0 Å². The Morgan fingerprint density at radius 2 is 1.77 bits per heavy atom. The van der Waals surface area contributed by atoms with Crippen LogP contribution in [0.2, 0.25) is 0 Å². The Morgan fingerprint density at radius 1 is 1.03 bits per heavy atom. The summed E-state index contributed by atoms with van der Waals surface area (Å²) in [6.07, 6.45) is -2.34. The van der Waals surface area contributed by atoms with Gasteiger partial charge in [0.25, 0.3) is 5.91 Å². The fourth-order valence-corrected chi connectivity index (χ4v) is 4.39. The number of amides is 1. The molecule has 1 aliphatic rings. The van der Waals surface area contributed by atoms with Crippen molar-refractivity contribution in [3.8, 4) is 11.4 Å². The molecule has 1 aliphatic heterocycles. The van der Waals surface area contributed by atoms with Gasteiger partial charge in [0.05, 0.1) is 16.6 Å². The van der Waals surface area contributed by atoms with Crippen LogP contribution in [-0.4, -0.2) is 33.9 Å². The first-order valence-electron chi connectivity index (χ1n) is 11.3. The van der Waals surface area contributed by atoms with Crippen LogP contribution in [-0.2, 0) is 12.7 Å². The SMILES string of the molecule is O=C(Nc1ccc(CN2CCCC2)cc1)c1cccc2[nH]c(-c3ccc(F)cc3C(F)(F)F)nc12. The van der Waals surface area contributed by atoms with Crippen LogP contribution in [0.1, 0.15) is 34.3 Å². The van der Waals surface area contributed by atoms with E-state index < -0.39 is 23.5 Å². The van der Waals surface area contributed by atoms with Crippen molar-refractivity contribution in [3.05, 3.63) is 83.2 Å². The highest BCUT2D eigenvalue weighted by Crippen LogP contribution is 2.37. The van der Waals surface area contributed by atoms with Crippen LogP contribution in [0.5, 0.6) is 0 Å². The van der Waals surface area contributed by atoms with Gasteiger partial charge >= 0.3 is 6.18 Å². The third-order valence-corrected chi connectivity index (χ3v) is 6.12. The third-order valence-electron chi connectivity index (χ3n) is 6.12. The molecule has 0 saturated carbocycles. The predicted molar refractivity (Wildman–Crippen MR) is 125 cm³/mol. The molecule has 1 fully saturated rings. The van der Waals surface area contributed by atoms with Gasteiger partial charge in [-0.15, -0.1) is 0 Å². The number of halogens is 4. The number of carbonyl (C=O) groups excluding carboxylic acids is 1. The Hall–Kier alpha value is -3.72. The van der Waals surface area contributed by atoms with Gasteiger partial charge in [0, 0.05) is 17.8 Å². The number of fused-ring (bicyclic) bond motifs is 1. The summed E-state index contributed by atoms with van der Waals surface area (Å²) in [7, 11) is 0. The minimum absolute atomic E-state index is 0.0983. The number of anilines is 1. The molecule has 3 aromatic carbocycles. The molecule has 5 rings (SSSR count). The summed E-state index contributed by atoms with van der Waals surface area (Å²) in [6.45, 7) is 3.06. The molecule has 1 saturated heterocycles. The van der Waals surface area contributed by atoms with Crippen molar-refractivity contribution in [1.82, 2.24) is 14.9 Å². The minimum Gasteiger partial charge on any atom is -0.338 e. The average Bonchev–Trinajstić information content (AvgIpc) is 3.49. The molecule has 1 aromatic heterocycles. The van der Waals surface area contributed by atoms with E-state index in [-0.39, 0.29) is 22.5 Å². The lowest BCUT2D eigenvalue weighted by atomic mass is 10.1. The van der Waals surface area contributed by atoms with E-state index in [9.17, 15) is 22.4 Å². The van der Waals surface area contributed by atoms with Gasteiger partial charge in [-0.25, -0.2) is 9.37 Å². The number of hydrogen-bond acceptors (Lipinski definition) is 3. The Bertz CT molecular complexity index is 1370. The van der Waals surface area contributed by atoms with Crippen molar-refractivity contribution in [2.45, 2.75) is 25.6 Å². The quantitative estimate of drug-likeness (QED) is 0.331. The zero-order chi connectivity index (χ0) is 24.6. The molecule has 4 aromatic rings. The maximum atomic E-state index is 13.5. The van der Waals surface area contributed by atoms with Crippen LogP contribution in [0.25, 0.3) is 22.4 Å². The molecule has 0 radical (unpaired) electrons. The number of alkyl halides is 3. The lowest BCUT2D eigenvalue weighted by Crippen LogP contribution is -2.18. The summed E-state index contributed by atoms with van der Waals surface area (Å²) in [5.41, 5.74) is 1.15. The molecule has 35 heavy (non-hydrogen) atoms. The maximum absolute atomic E-state index is 13.5. The van der Waals surface area contributed by atoms with E-state index in [1.807, 2.05) is 24.3 Å². The van der Waals surface area contributed by atoms with Gasteiger partial charge in [-0.3, -0.25) is 9.69 Å². The number of H-pyrrole nitrogens is 1. The number of benzene rings is 3.